The fourth-order valence-electron chi connectivity index (χ4n) is 2.88. The van der Waals surface area contributed by atoms with Gasteiger partial charge in [-0.2, -0.15) is 0 Å². The van der Waals surface area contributed by atoms with Gasteiger partial charge in [0.2, 0.25) is 0 Å². The van der Waals surface area contributed by atoms with Crippen molar-refractivity contribution < 1.29 is 9.53 Å². The summed E-state index contributed by atoms with van der Waals surface area (Å²) in [4.78, 5) is 16.4. The van der Waals surface area contributed by atoms with Gasteiger partial charge in [0.05, 0.1) is 13.2 Å². The van der Waals surface area contributed by atoms with E-state index in [2.05, 4.69) is 50.5 Å². The molecular formula is C23H33N5O2. The fraction of sp³-hybridized carbons (Fsp3) is 0.391. The molecule has 0 atom stereocenters. The van der Waals surface area contributed by atoms with E-state index in [4.69, 9.17) is 4.74 Å². The number of hydrogen-bond donors (Lipinski definition) is 4. The van der Waals surface area contributed by atoms with Crippen molar-refractivity contribution in [1.29, 1.82) is 0 Å². The van der Waals surface area contributed by atoms with Crippen molar-refractivity contribution in [3.63, 3.8) is 0 Å². The topological polar surface area (TPSA) is 86.8 Å². The third kappa shape index (κ3) is 8.13. The lowest BCUT2D eigenvalue weighted by Crippen LogP contribution is -2.38. The largest absolute Gasteiger partial charge is 0.383 e. The van der Waals surface area contributed by atoms with Crippen molar-refractivity contribution in [1.82, 2.24) is 16.0 Å². The van der Waals surface area contributed by atoms with Gasteiger partial charge in [0, 0.05) is 45.0 Å². The average molecular weight is 412 g/mol. The Morgan fingerprint density at radius 2 is 1.83 bits per heavy atom. The SMILES string of the molecule is CCNC(=NCc1ccc(NCCOC)cc1)NCCc1cccc(C(=O)NC)c1. The van der Waals surface area contributed by atoms with Gasteiger partial charge < -0.3 is 26.0 Å². The summed E-state index contributed by atoms with van der Waals surface area (Å²) in [5, 5.41) is 12.6. The second-order valence-electron chi connectivity index (χ2n) is 6.77. The molecule has 2 aromatic rings. The number of nitrogens with zero attached hydrogens (tertiary/aromatic N) is 1. The molecule has 0 radical (unpaired) electrons. The zero-order valence-electron chi connectivity index (χ0n) is 18.1. The number of aliphatic imine (C=N–C) groups is 1. The minimum absolute atomic E-state index is 0.0698. The van der Waals surface area contributed by atoms with Crippen molar-refractivity contribution >= 4 is 17.6 Å². The van der Waals surface area contributed by atoms with Gasteiger partial charge >= 0.3 is 0 Å². The molecule has 7 nitrogen and oxygen atoms in total. The van der Waals surface area contributed by atoms with Crippen molar-refractivity contribution in [3.8, 4) is 0 Å². The maximum atomic E-state index is 11.8. The molecule has 0 aromatic heterocycles. The highest BCUT2D eigenvalue weighted by atomic mass is 16.5. The van der Waals surface area contributed by atoms with Gasteiger partial charge in [-0.05, 0) is 48.7 Å². The van der Waals surface area contributed by atoms with Gasteiger partial charge in [-0.3, -0.25) is 4.79 Å². The van der Waals surface area contributed by atoms with E-state index in [9.17, 15) is 4.79 Å². The number of methoxy groups -OCH3 is 1. The highest BCUT2D eigenvalue weighted by Crippen LogP contribution is 2.10. The highest BCUT2D eigenvalue weighted by Gasteiger charge is 2.04. The molecule has 30 heavy (non-hydrogen) atoms. The molecule has 0 saturated carbocycles. The van der Waals surface area contributed by atoms with Crippen LogP contribution in [0.4, 0.5) is 5.69 Å². The molecular weight excluding hydrogens is 378 g/mol. The van der Waals surface area contributed by atoms with Crippen LogP contribution in [0.15, 0.2) is 53.5 Å². The Labute approximate surface area is 179 Å². The summed E-state index contributed by atoms with van der Waals surface area (Å²) < 4.78 is 5.05. The van der Waals surface area contributed by atoms with Crippen LogP contribution in [-0.4, -0.2) is 52.3 Å². The predicted octanol–water partition coefficient (Wildman–Crippen LogP) is 2.40. The molecule has 0 bridgehead atoms. The maximum absolute atomic E-state index is 11.8. The van der Waals surface area contributed by atoms with Crippen LogP contribution in [0, 0.1) is 0 Å². The molecule has 0 aliphatic heterocycles. The second-order valence-corrected chi connectivity index (χ2v) is 6.77. The third-order valence-corrected chi connectivity index (χ3v) is 4.48. The summed E-state index contributed by atoms with van der Waals surface area (Å²) in [5.74, 6) is 0.710. The second kappa shape index (κ2) is 13.2. The Morgan fingerprint density at radius 1 is 1.03 bits per heavy atom. The zero-order valence-corrected chi connectivity index (χ0v) is 18.1. The number of guanidine groups is 1. The van der Waals surface area contributed by atoms with Crippen molar-refractivity contribution in [3.05, 3.63) is 65.2 Å². The van der Waals surface area contributed by atoms with Crippen LogP contribution in [0.5, 0.6) is 0 Å². The number of nitrogens with one attached hydrogen (secondary N) is 4. The number of benzene rings is 2. The molecule has 7 heteroatoms. The number of carbonyl (C=O) groups excluding carboxylic acids is 1. The monoisotopic (exact) mass is 411 g/mol. The van der Waals surface area contributed by atoms with E-state index in [1.807, 2.05) is 31.2 Å². The van der Waals surface area contributed by atoms with Crippen molar-refractivity contribution in [2.45, 2.75) is 19.9 Å². The lowest BCUT2D eigenvalue weighted by Gasteiger charge is -2.12. The van der Waals surface area contributed by atoms with Crippen molar-refractivity contribution in [2.75, 3.05) is 45.7 Å². The summed E-state index contributed by atoms with van der Waals surface area (Å²) in [5.41, 5.74) is 4.00. The van der Waals surface area contributed by atoms with E-state index in [0.717, 1.165) is 48.8 Å². The molecule has 1 amide bonds. The molecule has 0 saturated heterocycles. The summed E-state index contributed by atoms with van der Waals surface area (Å²) in [7, 11) is 3.34. The first-order valence-electron chi connectivity index (χ1n) is 10.3. The molecule has 2 rings (SSSR count). The minimum atomic E-state index is -0.0698. The Morgan fingerprint density at radius 3 is 2.53 bits per heavy atom. The van der Waals surface area contributed by atoms with Gasteiger partial charge in [0.15, 0.2) is 5.96 Å². The molecule has 0 aliphatic carbocycles. The van der Waals surface area contributed by atoms with Crippen LogP contribution in [0.2, 0.25) is 0 Å². The Hall–Kier alpha value is -3.06. The van der Waals surface area contributed by atoms with E-state index in [1.54, 1.807) is 14.2 Å². The smallest absolute Gasteiger partial charge is 0.251 e. The summed E-state index contributed by atoms with van der Waals surface area (Å²) in [6.45, 7) is 5.63. The van der Waals surface area contributed by atoms with Crippen LogP contribution in [0.3, 0.4) is 0 Å². The summed E-state index contributed by atoms with van der Waals surface area (Å²) >= 11 is 0. The highest BCUT2D eigenvalue weighted by molar-refractivity contribution is 5.94. The lowest BCUT2D eigenvalue weighted by molar-refractivity contribution is 0.0963. The zero-order chi connectivity index (χ0) is 21.6. The fourth-order valence-corrected chi connectivity index (χ4v) is 2.88. The molecule has 4 N–H and O–H groups in total. The molecule has 2 aromatic carbocycles. The molecule has 0 aliphatic rings. The summed E-state index contributed by atoms with van der Waals surface area (Å²) in [6, 6.07) is 15.9. The van der Waals surface area contributed by atoms with Crippen LogP contribution in [-0.2, 0) is 17.7 Å². The van der Waals surface area contributed by atoms with E-state index in [0.29, 0.717) is 18.7 Å². The van der Waals surface area contributed by atoms with Crippen molar-refractivity contribution in [2.24, 2.45) is 4.99 Å². The molecule has 0 unspecified atom stereocenters. The number of ether oxygens (including phenoxy) is 1. The molecule has 0 spiro atoms. The number of rotatable bonds is 11. The quantitative estimate of drug-likeness (QED) is 0.259. The third-order valence-electron chi connectivity index (χ3n) is 4.48. The van der Waals surface area contributed by atoms with E-state index < -0.39 is 0 Å². The van der Waals surface area contributed by atoms with Gasteiger partial charge in [0.25, 0.3) is 5.91 Å². The molecule has 0 fully saturated rings. The van der Waals surface area contributed by atoms with Gasteiger partial charge in [-0.25, -0.2) is 4.99 Å². The normalized spacial score (nSPS) is 11.1. The number of carbonyl (C=O) groups is 1. The molecule has 0 heterocycles. The van der Waals surface area contributed by atoms with E-state index in [-0.39, 0.29) is 5.91 Å². The van der Waals surface area contributed by atoms with Gasteiger partial charge in [0.1, 0.15) is 0 Å². The number of hydrogen-bond acceptors (Lipinski definition) is 4. The molecule has 162 valence electrons. The van der Waals surface area contributed by atoms with Gasteiger partial charge in [-0.15, -0.1) is 0 Å². The maximum Gasteiger partial charge on any atom is 0.251 e. The minimum Gasteiger partial charge on any atom is -0.383 e. The standard InChI is InChI=1S/C23H33N5O2/c1-4-25-23(27-13-12-18-6-5-7-20(16-18)22(29)24-2)28-17-19-8-10-21(11-9-19)26-14-15-30-3/h5-11,16,26H,4,12-15,17H2,1-3H3,(H,24,29)(H2,25,27,28). The number of anilines is 1. The first-order chi connectivity index (χ1) is 14.7. The van der Waals surface area contributed by atoms with E-state index >= 15 is 0 Å². The van der Waals surface area contributed by atoms with Crippen LogP contribution >= 0.6 is 0 Å². The van der Waals surface area contributed by atoms with E-state index in [1.165, 1.54) is 0 Å². The number of amides is 1. The predicted molar refractivity (Wildman–Crippen MR) is 123 cm³/mol. The Balaban J connectivity index is 1.86. The van der Waals surface area contributed by atoms with Gasteiger partial charge in [-0.1, -0.05) is 24.3 Å². The van der Waals surface area contributed by atoms with Crippen LogP contribution in [0.1, 0.15) is 28.4 Å². The average Bonchev–Trinajstić information content (AvgIpc) is 2.78. The first kappa shape index (κ1) is 23.2. The van der Waals surface area contributed by atoms with Crippen LogP contribution < -0.4 is 21.3 Å². The summed E-state index contributed by atoms with van der Waals surface area (Å²) in [6.07, 6.45) is 0.803. The Kier molecular flexibility index (Phi) is 10.2. The first-order valence-corrected chi connectivity index (χ1v) is 10.3. The Bertz CT molecular complexity index is 805. The van der Waals surface area contributed by atoms with Crippen LogP contribution in [0.25, 0.3) is 0 Å². The lowest BCUT2D eigenvalue weighted by atomic mass is 10.1.